The van der Waals surface area contributed by atoms with Crippen molar-refractivity contribution in [2.45, 2.75) is 19.0 Å². The van der Waals surface area contributed by atoms with Gasteiger partial charge in [-0.25, -0.2) is 9.18 Å². The lowest BCUT2D eigenvalue weighted by molar-refractivity contribution is -0.134. The summed E-state index contributed by atoms with van der Waals surface area (Å²) in [4.78, 5) is 37.8. The van der Waals surface area contributed by atoms with Crippen molar-refractivity contribution in [1.29, 1.82) is 0 Å². The largest absolute Gasteiger partial charge is 0.350 e. The Bertz CT molecular complexity index is 856. The molecule has 0 spiro atoms. The van der Waals surface area contributed by atoms with Crippen LogP contribution in [0, 0.1) is 5.82 Å². The van der Waals surface area contributed by atoms with Crippen LogP contribution in [-0.2, 0) is 21.7 Å². The molecule has 1 saturated heterocycles. The predicted molar refractivity (Wildman–Crippen MR) is 92.3 cm³/mol. The molecular formula is C19H18FN3O3. The Hall–Kier alpha value is -3.22. The van der Waals surface area contributed by atoms with Crippen LogP contribution < -0.4 is 10.6 Å². The van der Waals surface area contributed by atoms with E-state index in [0.717, 1.165) is 10.5 Å². The third kappa shape index (κ3) is 3.28. The molecule has 3 rings (SSSR count). The number of rotatable bonds is 5. The van der Waals surface area contributed by atoms with Gasteiger partial charge in [0, 0.05) is 12.1 Å². The van der Waals surface area contributed by atoms with E-state index in [1.807, 2.05) is 30.3 Å². The zero-order valence-corrected chi connectivity index (χ0v) is 14.2. The number of imide groups is 1. The van der Waals surface area contributed by atoms with E-state index < -0.39 is 35.7 Å². The fourth-order valence-electron chi connectivity index (χ4n) is 2.89. The first-order chi connectivity index (χ1) is 12.4. The fourth-order valence-corrected chi connectivity index (χ4v) is 2.89. The van der Waals surface area contributed by atoms with E-state index >= 15 is 0 Å². The second kappa shape index (κ2) is 6.95. The normalized spacial score (nSPS) is 19.4. The van der Waals surface area contributed by atoms with Gasteiger partial charge in [-0.05, 0) is 18.6 Å². The van der Waals surface area contributed by atoms with Crippen molar-refractivity contribution in [2.24, 2.45) is 0 Å². The molecule has 2 N–H and O–H groups in total. The van der Waals surface area contributed by atoms with Gasteiger partial charge in [0.05, 0.1) is 0 Å². The molecule has 0 aromatic heterocycles. The van der Waals surface area contributed by atoms with Gasteiger partial charge in [0.2, 0.25) is 5.91 Å². The van der Waals surface area contributed by atoms with Gasteiger partial charge in [-0.1, -0.05) is 48.5 Å². The van der Waals surface area contributed by atoms with Crippen LogP contribution in [0.25, 0.3) is 0 Å². The van der Waals surface area contributed by atoms with Gasteiger partial charge in [-0.15, -0.1) is 0 Å². The Labute approximate surface area is 150 Å². The maximum Gasteiger partial charge on any atom is 0.325 e. The quantitative estimate of drug-likeness (QED) is 0.804. The highest BCUT2D eigenvalue weighted by atomic mass is 19.1. The van der Waals surface area contributed by atoms with Crippen molar-refractivity contribution in [3.05, 3.63) is 71.5 Å². The monoisotopic (exact) mass is 355 g/mol. The highest BCUT2D eigenvalue weighted by Gasteiger charge is 2.50. The number of amides is 4. The Balaban J connectivity index is 1.69. The molecule has 1 aliphatic heterocycles. The third-order valence-corrected chi connectivity index (χ3v) is 4.32. The van der Waals surface area contributed by atoms with Crippen molar-refractivity contribution in [3.8, 4) is 0 Å². The van der Waals surface area contributed by atoms with Gasteiger partial charge in [0.25, 0.3) is 5.91 Å². The first-order valence-corrected chi connectivity index (χ1v) is 8.11. The summed E-state index contributed by atoms with van der Waals surface area (Å²) in [5.74, 6) is -1.74. The molecule has 0 unspecified atom stereocenters. The molecule has 1 fully saturated rings. The van der Waals surface area contributed by atoms with Gasteiger partial charge in [0.15, 0.2) is 0 Å². The molecule has 1 heterocycles. The molecule has 0 aliphatic carbocycles. The minimum Gasteiger partial charge on any atom is -0.350 e. The predicted octanol–water partition coefficient (Wildman–Crippen LogP) is 1.91. The van der Waals surface area contributed by atoms with Gasteiger partial charge in [0.1, 0.15) is 17.9 Å². The molecule has 1 aliphatic rings. The van der Waals surface area contributed by atoms with Crippen LogP contribution in [0.3, 0.4) is 0 Å². The van der Waals surface area contributed by atoms with E-state index in [1.54, 1.807) is 6.07 Å². The lowest BCUT2D eigenvalue weighted by Crippen LogP contribution is -2.43. The summed E-state index contributed by atoms with van der Waals surface area (Å²) < 4.78 is 14.1. The highest BCUT2D eigenvalue weighted by Crippen LogP contribution is 2.30. The Morgan fingerprint density at radius 1 is 1.12 bits per heavy atom. The van der Waals surface area contributed by atoms with Crippen LogP contribution in [0.4, 0.5) is 9.18 Å². The SMILES string of the molecule is C[C@@]1(c2ccccc2F)NC(=O)N(CC(=O)NCc2ccccc2)C1=O. The van der Waals surface area contributed by atoms with Crippen molar-refractivity contribution in [3.63, 3.8) is 0 Å². The van der Waals surface area contributed by atoms with E-state index in [4.69, 9.17) is 0 Å². The van der Waals surface area contributed by atoms with E-state index in [1.165, 1.54) is 25.1 Å². The Kier molecular flexibility index (Phi) is 4.71. The highest BCUT2D eigenvalue weighted by molar-refractivity contribution is 6.09. The molecule has 2 aromatic rings. The van der Waals surface area contributed by atoms with Gasteiger partial charge in [-0.3, -0.25) is 14.5 Å². The topological polar surface area (TPSA) is 78.5 Å². The summed E-state index contributed by atoms with van der Waals surface area (Å²) in [6, 6.07) is 14.3. The van der Waals surface area contributed by atoms with Crippen molar-refractivity contribution >= 4 is 17.8 Å². The van der Waals surface area contributed by atoms with Gasteiger partial charge in [-0.2, -0.15) is 0 Å². The number of nitrogens with one attached hydrogen (secondary N) is 2. The molecule has 2 aromatic carbocycles. The Morgan fingerprint density at radius 2 is 1.77 bits per heavy atom. The maximum absolute atomic E-state index is 14.1. The molecule has 0 saturated carbocycles. The van der Waals surface area contributed by atoms with Crippen molar-refractivity contribution in [1.82, 2.24) is 15.5 Å². The standard InChI is InChI=1S/C19H18FN3O3/c1-19(14-9-5-6-10-15(14)20)17(25)23(18(26)22-19)12-16(24)21-11-13-7-3-2-4-8-13/h2-10H,11-12H2,1H3,(H,21,24)(H,22,26)/t19-/m0/s1. The van der Waals surface area contributed by atoms with E-state index in [0.29, 0.717) is 0 Å². The molecular weight excluding hydrogens is 337 g/mol. The fraction of sp³-hybridized carbons (Fsp3) is 0.211. The first-order valence-electron chi connectivity index (χ1n) is 8.11. The number of carbonyl (C=O) groups is 3. The minimum absolute atomic E-state index is 0.0607. The van der Waals surface area contributed by atoms with Crippen LogP contribution in [0.15, 0.2) is 54.6 Å². The smallest absolute Gasteiger partial charge is 0.325 e. The second-order valence-electron chi connectivity index (χ2n) is 6.19. The molecule has 6 nitrogen and oxygen atoms in total. The van der Waals surface area contributed by atoms with E-state index in [2.05, 4.69) is 10.6 Å². The molecule has 26 heavy (non-hydrogen) atoms. The average Bonchev–Trinajstić information content (AvgIpc) is 2.85. The second-order valence-corrected chi connectivity index (χ2v) is 6.19. The number of benzene rings is 2. The first kappa shape index (κ1) is 17.6. The number of halogens is 1. The maximum atomic E-state index is 14.1. The summed E-state index contributed by atoms with van der Waals surface area (Å²) in [6.45, 7) is 1.28. The van der Waals surface area contributed by atoms with Gasteiger partial charge < -0.3 is 10.6 Å². The number of hydrogen-bond donors (Lipinski definition) is 2. The third-order valence-electron chi connectivity index (χ3n) is 4.32. The van der Waals surface area contributed by atoms with Crippen LogP contribution in [-0.4, -0.2) is 29.3 Å². The minimum atomic E-state index is -1.54. The summed E-state index contributed by atoms with van der Waals surface area (Å²) in [7, 11) is 0. The number of nitrogens with zero attached hydrogens (tertiary/aromatic N) is 1. The van der Waals surface area contributed by atoms with Crippen LogP contribution in [0.5, 0.6) is 0 Å². The van der Waals surface area contributed by atoms with E-state index in [9.17, 15) is 18.8 Å². The van der Waals surface area contributed by atoms with E-state index in [-0.39, 0.29) is 12.1 Å². The van der Waals surface area contributed by atoms with Crippen molar-refractivity contribution < 1.29 is 18.8 Å². The van der Waals surface area contributed by atoms with Gasteiger partial charge >= 0.3 is 6.03 Å². The van der Waals surface area contributed by atoms with Crippen LogP contribution in [0.1, 0.15) is 18.1 Å². The summed E-state index contributed by atoms with van der Waals surface area (Å²) in [6.07, 6.45) is 0. The molecule has 1 atom stereocenters. The molecule has 4 amide bonds. The molecule has 0 bridgehead atoms. The molecule has 7 heteroatoms. The van der Waals surface area contributed by atoms with Crippen LogP contribution >= 0.6 is 0 Å². The Morgan fingerprint density at radius 3 is 2.46 bits per heavy atom. The number of urea groups is 1. The van der Waals surface area contributed by atoms with Crippen LogP contribution in [0.2, 0.25) is 0 Å². The lowest BCUT2D eigenvalue weighted by Gasteiger charge is -2.22. The summed E-state index contributed by atoms with van der Waals surface area (Å²) in [5.41, 5.74) is -0.581. The molecule has 134 valence electrons. The average molecular weight is 355 g/mol. The number of hydrogen-bond acceptors (Lipinski definition) is 3. The van der Waals surface area contributed by atoms with Crippen molar-refractivity contribution in [2.75, 3.05) is 6.54 Å². The lowest BCUT2D eigenvalue weighted by atomic mass is 9.91. The zero-order chi connectivity index (χ0) is 18.7. The summed E-state index contributed by atoms with van der Waals surface area (Å²) in [5, 5.41) is 5.14. The molecule has 0 radical (unpaired) electrons. The zero-order valence-electron chi connectivity index (χ0n) is 14.2. The number of carbonyl (C=O) groups excluding carboxylic acids is 3. The summed E-state index contributed by atoms with van der Waals surface area (Å²) >= 11 is 0.